The van der Waals surface area contributed by atoms with Gasteiger partial charge in [-0.1, -0.05) is 13.3 Å². The molecule has 1 aliphatic rings. The number of benzene rings is 1. The number of rotatable bonds is 6. The van der Waals surface area contributed by atoms with Gasteiger partial charge in [-0.15, -0.1) is 0 Å². The number of sulfone groups is 2. The van der Waals surface area contributed by atoms with Gasteiger partial charge in [0.1, 0.15) is 5.82 Å². The molecule has 5 nitrogen and oxygen atoms in total. The van der Waals surface area contributed by atoms with E-state index in [0.717, 1.165) is 18.9 Å². The molecule has 0 aliphatic carbocycles. The third-order valence-corrected chi connectivity index (χ3v) is 8.24. The minimum atomic E-state index is -3.84. The Balaban J connectivity index is 2.33. The summed E-state index contributed by atoms with van der Waals surface area (Å²) in [5.41, 5.74) is 0.224. The van der Waals surface area contributed by atoms with Gasteiger partial charge in [0.25, 0.3) is 0 Å². The van der Waals surface area contributed by atoms with E-state index in [-0.39, 0.29) is 16.2 Å². The van der Waals surface area contributed by atoms with Crippen molar-refractivity contribution in [3.63, 3.8) is 0 Å². The summed E-state index contributed by atoms with van der Waals surface area (Å²) in [5, 5.41) is 2.02. The molecule has 1 N–H and O–H groups in total. The molecule has 23 heavy (non-hydrogen) atoms. The lowest BCUT2D eigenvalue weighted by Crippen LogP contribution is -2.43. The Bertz CT molecular complexity index is 775. The van der Waals surface area contributed by atoms with E-state index in [2.05, 4.69) is 5.32 Å². The maximum absolute atomic E-state index is 13.4. The van der Waals surface area contributed by atoms with Crippen molar-refractivity contribution in [1.82, 2.24) is 5.32 Å². The molecule has 0 amide bonds. The smallest absolute Gasteiger partial charge is 0.183 e. The van der Waals surface area contributed by atoms with Crippen LogP contribution in [-0.2, 0) is 19.7 Å². The molecule has 0 unspecified atom stereocenters. The molecule has 0 bridgehead atoms. The van der Waals surface area contributed by atoms with Crippen LogP contribution in [0.5, 0.6) is 0 Å². The lowest BCUT2D eigenvalue weighted by Gasteiger charge is -2.20. The van der Waals surface area contributed by atoms with Gasteiger partial charge in [-0.2, -0.15) is 0 Å². The Kier molecular flexibility index (Phi) is 5.48. The second-order valence-corrected chi connectivity index (χ2v) is 10.3. The van der Waals surface area contributed by atoms with Crippen molar-refractivity contribution in [1.29, 1.82) is 0 Å². The summed E-state index contributed by atoms with van der Waals surface area (Å²) >= 11 is 0. The minimum Gasteiger partial charge on any atom is -0.312 e. The fraction of sp³-hybridized carbons (Fsp3) is 0.600. The summed E-state index contributed by atoms with van der Waals surface area (Å²) < 4.78 is 62.8. The van der Waals surface area contributed by atoms with Gasteiger partial charge >= 0.3 is 0 Å². The topological polar surface area (TPSA) is 80.3 Å². The summed E-state index contributed by atoms with van der Waals surface area (Å²) in [6, 6.07) is 2.94. The lowest BCUT2D eigenvalue weighted by molar-refractivity contribution is 0.518. The molecule has 1 heterocycles. The summed E-state index contributed by atoms with van der Waals surface area (Å²) in [6.07, 6.45) is 1.78. The van der Waals surface area contributed by atoms with Gasteiger partial charge in [0.2, 0.25) is 0 Å². The van der Waals surface area contributed by atoms with Gasteiger partial charge in [0.15, 0.2) is 19.7 Å². The normalized spacial score (nSPS) is 24.0. The molecule has 0 spiro atoms. The Hall–Kier alpha value is -0.990. The van der Waals surface area contributed by atoms with E-state index in [0.29, 0.717) is 6.54 Å². The Labute approximate surface area is 137 Å². The van der Waals surface area contributed by atoms with E-state index in [4.69, 9.17) is 0 Å². The van der Waals surface area contributed by atoms with Gasteiger partial charge in [-0.3, -0.25) is 0 Å². The highest BCUT2D eigenvalue weighted by Crippen LogP contribution is 2.27. The zero-order valence-electron chi connectivity index (χ0n) is 13.2. The van der Waals surface area contributed by atoms with Crippen molar-refractivity contribution in [3.05, 3.63) is 29.6 Å². The minimum absolute atomic E-state index is 0.0270. The monoisotopic (exact) mass is 363 g/mol. The Morgan fingerprint density at radius 2 is 2.00 bits per heavy atom. The third kappa shape index (κ3) is 4.10. The first-order chi connectivity index (χ1) is 10.7. The van der Waals surface area contributed by atoms with Gasteiger partial charge in [-0.05, 0) is 43.7 Å². The maximum atomic E-state index is 13.4. The van der Waals surface area contributed by atoms with Crippen LogP contribution in [0.25, 0.3) is 0 Å². The van der Waals surface area contributed by atoms with Crippen LogP contribution in [0, 0.1) is 12.7 Å². The second kappa shape index (κ2) is 6.86. The zero-order chi connectivity index (χ0) is 17.3. The van der Waals surface area contributed by atoms with E-state index >= 15 is 0 Å². The predicted molar refractivity (Wildman–Crippen MR) is 87.5 cm³/mol. The molecule has 2 atom stereocenters. The van der Waals surface area contributed by atoms with E-state index in [1.165, 1.54) is 19.1 Å². The van der Waals surface area contributed by atoms with Crippen molar-refractivity contribution in [2.45, 2.75) is 42.9 Å². The predicted octanol–water partition coefficient (Wildman–Crippen LogP) is 1.46. The van der Waals surface area contributed by atoms with Crippen LogP contribution in [0.4, 0.5) is 4.39 Å². The molecule has 2 rings (SSSR count). The molecule has 0 aromatic heterocycles. The molecule has 0 radical (unpaired) electrons. The number of hydrogen-bond acceptors (Lipinski definition) is 5. The van der Waals surface area contributed by atoms with Crippen molar-refractivity contribution in [2.24, 2.45) is 0 Å². The number of aryl methyl sites for hydroxylation is 1. The third-order valence-electron chi connectivity index (χ3n) is 4.09. The van der Waals surface area contributed by atoms with Crippen LogP contribution in [-0.4, -0.2) is 46.2 Å². The number of unbranched alkanes of at least 4 members (excludes halogenated alkanes) is 1. The van der Waals surface area contributed by atoms with Crippen molar-refractivity contribution in [3.8, 4) is 0 Å². The summed E-state index contributed by atoms with van der Waals surface area (Å²) in [6.45, 7) is 4.06. The largest absolute Gasteiger partial charge is 0.312 e. The number of nitrogens with one attached hydrogen (secondary N) is 1. The summed E-state index contributed by atoms with van der Waals surface area (Å²) in [4.78, 5) is -0.0270. The van der Waals surface area contributed by atoms with E-state index in [1.807, 2.05) is 6.92 Å². The van der Waals surface area contributed by atoms with Crippen molar-refractivity contribution in [2.75, 3.05) is 18.1 Å². The van der Waals surface area contributed by atoms with Crippen LogP contribution in [0.1, 0.15) is 25.3 Å². The number of hydrogen-bond donors (Lipinski definition) is 1. The summed E-state index contributed by atoms with van der Waals surface area (Å²) in [5.74, 6) is -1.06. The molecule has 1 fully saturated rings. The van der Waals surface area contributed by atoms with Gasteiger partial charge < -0.3 is 5.32 Å². The SMILES string of the molecule is CCCCN[C@H]1CS(=O)(=O)C[C@@H]1S(=O)(=O)c1ccc(F)c(C)c1. The van der Waals surface area contributed by atoms with Crippen LogP contribution >= 0.6 is 0 Å². The summed E-state index contributed by atoms with van der Waals surface area (Å²) in [7, 11) is -7.25. The van der Waals surface area contributed by atoms with Crippen LogP contribution in [0.3, 0.4) is 0 Å². The molecular formula is C15H22FNO4S2. The Morgan fingerprint density at radius 3 is 2.61 bits per heavy atom. The van der Waals surface area contributed by atoms with Gasteiger partial charge in [-0.25, -0.2) is 21.2 Å². The molecule has 1 aromatic rings. The highest BCUT2D eigenvalue weighted by atomic mass is 32.2. The first kappa shape index (κ1) is 18.4. The van der Waals surface area contributed by atoms with Crippen molar-refractivity contribution < 1.29 is 21.2 Å². The molecule has 1 aliphatic heterocycles. The highest BCUT2D eigenvalue weighted by molar-refractivity contribution is 7.96. The van der Waals surface area contributed by atoms with E-state index < -0.39 is 42.5 Å². The molecule has 0 saturated carbocycles. The van der Waals surface area contributed by atoms with E-state index in [9.17, 15) is 21.2 Å². The first-order valence-corrected chi connectivity index (χ1v) is 11.0. The average Bonchev–Trinajstić information content (AvgIpc) is 2.78. The maximum Gasteiger partial charge on any atom is 0.183 e. The standard InChI is InChI=1S/C15H22FNO4S2/c1-3-4-7-17-14-9-22(18,19)10-15(14)23(20,21)12-5-6-13(16)11(2)8-12/h5-6,8,14-15,17H,3-4,7,9-10H2,1-2H3/t14-,15-/m0/s1. The van der Waals surface area contributed by atoms with Crippen LogP contribution in [0.2, 0.25) is 0 Å². The fourth-order valence-electron chi connectivity index (χ4n) is 2.74. The first-order valence-electron chi connectivity index (χ1n) is 7.61. The molecule has 1 aromatic carbocycles. The van der Waals surface area contributed by atoms with Gasteiger partial charge in [0.05, 0.1) is 21.7 Å². The van der Waals surface area contributed by atoms with E-state index in [1.54, 1.807) is 0 Å². The number of halogens is 1. The van der Waals surface area contributed by atoms with Crippen LogP contribution in [0.15, 0.2) is 23.1 Å². The Morgan fingerprint density at radius 1 is 1.30 bits per heavy atom. The second-order valence-electron chi connectivity index (χ2n) is 5.99. The lowest BCUT2D eigenvalue weighted by atomic mass is 10.2. The molecular weight excluding hydrogens is 341 g/mol. The van der Waals surface area contributed by atoms with Crippen molar-refractivity contribution >= 4 is 19.7 Å². The average molecular weight is 363 g/mol. The molecule has 1 saturated heterocycles. The van der Waals surface area contributed by atoms with Crippen LogP contribution < -0.4 is 5.32 Å². The molecule has 130 valence electrons. The zero-order valence-corrected chi connectivity index (χ0v) is 14.9. The molecule has 8 heteroatoms. The fourth-order valence-corrected chi connectivity index (χ4v) is 7.54. The van der Waals surface area contributed by atoms with Gasteiger partial charge in [0, 0.05) is 6.04 Å². The highest BCUT2D eigenvalue weighted by Gasteiger charge is 2.45. The quantitative estimate of drug-likeness (QED) is 0.611.